The van der Waals surface area contributed by atoms with Gasteiger partial charge in [0, 0.05) is 26.9 Å². The second-order valence-corrected chi connectivity index (χ2v) is 7.37. The summed E-state index contributed by atoms with van der Waals surface area (Å²) in [4.78, 5) is 12.4. The Hall–Kier alpha value is -1.81. The zero-order valence-corrected chi connectivity index (χ0v) is 15.1. The Morgan fingerprint density at radius 1 is 1.09 bits per heavy atom. The first-order valence-corrected chi connectivity index (χ1v) is 8.66. The van der Waals surface area contributed by atoms with Gasteiger partial charge in [0.15, 0.2) is 0 Å². The molecule has 1 amide bonds. The van der Waals surface area contributed by atoms with Crippen molar-refractivity contribution in [3.8, 4) is 0 Å². The number of benzene rings is 2. The highest BCUT2D eigenvalue weighted by Crippen LogP contribution is 2.31. The zero-order valence-electron chi connectivity index (χ0n) is 13.5. The Bertz CT molecular complexity index is 866. The molecule has 120 valence electrons. The lowest BCUT2D eigenvalue weighted by atomic mass is 10.0. The predicted octanol–water partition coefficient (Wildman–Crippen LogP) is 5.51. The van der Waals surface area contributed by atoms with Crippen molar-refractivity contribution in [1.29, 1.82) is 0 Å². The number of carbonyl (C=O) groups excluding carboxylic acids is 1. The molecule has 0 bridgehead atoms. The molecule has 0 spiro atoms. The molecule has 1 atom stereocenters. The molecule has 0 radical (unpaired) electrons. The molecule has 3 nitrogen and oxygen atoms in total. The maximum absolute atomic E-state index is 12.4. The van der Waals surface area contributed by atoms with Crippen molar-refractivity contribution >= 4 is 43.8 Å². The van der Waals surface area contributed by atoms with Crippen molar-refractivity contribution in [2.24, 2.45) is 5.92 Å². The second-order valence-electron chi connectivity index (χ2n) is 6.46. The molecular weight excluding hydrogens is 354 g/mol. The van der Waals surface area contributed by atoms with Gasteiger partial charge in [-0.15, -0.1) is 0 Å². The Morgan fingerprint density at radius 3 is 2.61 bits per heavy atom. The number of fused-ring (bicyclic) bond motifs is 3. The van der Waals surface area contributed by atoms with Crippen LogP contribution in [0, 0.1) is 5.92 Å². The largest absolute Gasteiger partial charge is 0.456 e. The van der Waals surface area contributed by atoms with E-state index in [0.717, 1.165) is 32.8 Å². The van der Waals surface area contributed by atoms with Gasteiger partial charge in [-0.25, -0.2) is 0 Å². The first-order valence-electron chi connectivity index (χ1n) is 7.86. The van der Waals surface area contributed by atoms with E-state index in [9.17, 15) is 4.79 Å². The lowest BCUT2D eigenvalue weighted by Gasteiger charge is -2.15. The third kappa shape index (κ3) is 3.42. The van der Waals surface area contributed by atoms with Crippen LogP contribution in [-0.2, 0) is 0 Å². The van der Waals surface area contributed by atoms with Crippen molar-refractivity contribution in [3.05, 3.63) is 46.4 Å². The number of halogens is 1. The highest BCUT2D eigenvalue weighted by atomic mass is 79.9. The monoisotopic (exact) mass is 373 g/mol. The molecule has 0 fully saturated rings. The summed E-state index contributed by atoms with van der Waals surface area (Å²) in [5.74, 6) is 0.524. The average molecular weight is 374 g/mol. The molecule has 3 aromatic rings. The molecular formula is C19H20BrNO2. The first kappa shape index (κ1) is 16.1. The summed E-state index contributed by atoms with van der Waals surface area (Å²) in [6.07, 6.45) is 0.969. The van der Waals surface area contributed by atoms with E-state index < -0.39 is 0 Å². The van der Waals surface area contributed by atoms with Gasteiger partial charge in [0.05, 0.1) is 0 Å². The minimum Gasteiger partial charge on any atom is -0.456 e. The highest BCUT2D eigenvalue weighted by molar-refractivity contribution is 9.10. The van der Waals surface area contributed by atoms with Gasteiger partial charge in [-0.05, 0) is 55.7 Å². The molecule has 1 unspecified atom stereocenters. The molecule has 0 saturated heterocycles. The number of carbonyl (C=O) groups is 1. The fraction of sp³-hybridized carbons (Fsp3) is 0.316. The fourth-order valence-corrected chi connectivity index (χ4v) is 3.31. The van der Waals surface area contributed by atoms with Gasteiger partial charge >= 0.3 is 0 Å². The summed E-state index contributed by atoms with van der Waals surface area (Å²) in [7, 11) is 0. The predicted molar refractivity (Wildman–Crippen MR) is 97.8 cm³/mol. The van der Waals surface area contributed by atoms with Crippen LogP contribution in [0.25, 0.3) is 21.9 Å². The van der Waals surface area contributed by atoms with E-state index in [4.69, 9.17) is 4.42 Å². The molecule has 3 rings (SSSR count). The Labute approximate surface area is 144 Å². The standard InChI is InChI=1S/C19H20BrNO2/c1-11(2)8-12(3)21-19(22)13-4-7-17-16(9-13)15-6-5-14(20)10-18(15)23-17/h4-7,9-12H,8H2,1-3H3,(H,21,22). The Morgan fingerprint density at radius 2 is 1.87 bits per heavy atom. The zero-order chi connectivity index (χ0) is 16.6. The highest BCUT2D eigenvalue weighted by Gasteiger charge is 2.14. The van der Waals surface area contributed by atoms with E-state index in [1.54, 1.807) is 0 Å². The number of hydrogen-bond acceptors (Lipinski definition) is 2. The van der Waals surface area contributed by atoms with Crippen LogP contribution in [0.15, 0.2) is 45.3 Å². The molecule has 0 aliphatic heterocycles. The van der Waals surface area contributed by atoms with Gasteiger partial charge in [-0.1, -0.05) is 29.8 Å². The molecule has 2 aromatic carbocycles. The first-order chi connectivity index (χ1) is 10.9. The van der Waals surface area contributed by atoms with Crippen LogP contribution in [0.2, 0.25) is 0 Å². The molecule has 1 aromatic heterocycles. The molecule has 1 N–H and O–H groups in total. The minimum absolute atomic E-state index is 0.0356. The van der Waals surface area contributed by atoms with E-state index in [0.29, 0.717) is 11.5 Å². The Kier molecular flexibility index (Phi) is 4.44. The summed E-state index contributed by atoms with van der Waals surface area (Å²) in [6.45, 7) is 6.36. The summed E-state index contributed by atoms with van der Waals surface area (Å²) in [5.41, 5.74) is 2.28. The van der Waals surface area contributed by atoms with Crippen LogP contribution in [0.4, 0.5) is 0 Å². The van der Waals surface area contributed by atoms with Crippen LogP contribution in [0.3, 0.4) is 0 Å². The maximum Gasteiger partial charge on any atom is 0.251 e. The van der Waals surface area contributed by atoms with Crippen LogP contribution in [-0.4, -0.2) is 11.9 Å². The molecule has 1 heterocycles. The minimum atomic E-state index is -0.0356. The lowest BCUT2D eigenvalue weighted by molar-refractivity contribution is 0.0936. The van der Waals surface area contributed by atoms with Crippen LogP contribution < -0.4 is 5.32 Å². The van der Waals surface area contributed by atoms with Gasteiger partial charge in [-0.2, -0.15) is 0 Å². The SMILES string of the molecule is CC(C)CC(C)NC(=O)c1ccc2oc3cc(Br)ccc3c2c1. The van der Waals surface area contributed by atoms with E-state index in [1.165, 1.54) is 0 Å². The van der Waals surface area contributed by atoms with Crippen molar-refractivity contribution in [3.63, 3.8) is 0 Å². The molecule has 0 aliphatic carbocycles. The van der Waals surface area contributed by atoms with Crippen LogP contribution in [0.5, 0.6) is 0 Å². The molecule has 0 saturated carbocycles. The average Bonchev–Trinajstić information content (AvgIpc) is 2.82. The fourth-order valence-electron chi connectivity index (χ4n) is 2.97. The Balaban J connectivity index is 1.93. The topological polar surface area (TPSA) is 42.2 Å². The number of hydrogen-bond donors (Lipinski definition) is 1. The third-order valence-electron chi connectivity index (χ3n) is 3.90. The van der Waals surface area contributed by atoms with Crippen LogP contribution in [0.1, 0.15) is 37.6 Å². The van der Waals surface area contributed by atoms with E-state index in [2.05, 4.69) is 35.1 Å². The van der Waals surface area contributed by atoms with Crippen LogP contribution >= 0.6 is 15.9 Å². The lowest BCUT2D eigenvalue weighted by Crippen LogP contribution is -2.33. The van der Waals surface area contributed by atoms with Crippen molar-refractivity contribution in [1.82, 2.24) is 5.32 Å². The van der Waals surface area contributed by atoms with E-state index in [1.807, 2.05) is 43.3 Å². The smallest absolute Gasteiger partial charge is 0.251 e. The van der Waals surface area contributed by atoms with Crippen molar-refractivity contribution in [2.45, 2.75) is 33.2 Å². The molecule has 23 heavy (non-hydrogen) atoms. The summed E-state index contributed by atoms with van der Waals surface area (Å²) in [6, 6.07) is 11.7. The van der Waals surface area contributed by atoms with Gasteiger partial charge in [0.25, 0.3) is 5.91 Å². The van der Waals surface area contributed by atoms with Gasteiger partial charge in [0.1, 0.15) is 11.2 Å². The number of rotatable bonds is 4. The molecule has 0 aliphatic rings. The van der Waals surface area contributed by atoms with Gasteiger partial charge in [0.2, 0.25) is 0 Å². The summed E-state index contributed by atoms with van der Waals surface area (Å²) < 4.78 is 6.82. The quantitative estimate of drug-likeness (QED) is 0.654. The second kappa shape index (κ2) is 6.36. The normalized spacial score (nSPS) is 12.9. The maximum atomic E-state index is 12.4. The number of furan rings is 1. The van der Waals surface area contributed by atoms with Gasteiger partial charge in [-0.3, -0.25) is 4.79 Å². The molecule has 4 heteroatoms. The number of nitrogens with one attached hydrogen (secondary N) is 1. The summed E-state index contributed by atoms with van der Waals surface area (Å²) >= 11 is 3.45. The number of amides is 1. The van der Waals surface area contributed by atoms with E-state index >= 15 is 0 Å². The van der Waals surface area contributed by atoms with Gasteiger partial charge < -0.3 is 9.73 Å². The van der Waals surface area contributed by atoms with Crippen molar-refractivity contribution in [2.75, 3.05) is 0 Å². The summed E-state index contributed by atoms with van der Waals surface area (Å²) in [5, 5.41) is 5.06. The van der Waals surface area contributed by atoms with Crippen molar-refractivity contribution < 1.29 is 9.21 Å². The van der Waals surface area contributed by atoms with E-state index in [-0.39, 0.29) is 11.9 Å². The third-order valence-corrected chi connectivity index (χ3v) is 4.39.